The van der Waals surface area contributed by atoms with E-state index in [0.717, 1.165) is 32.6 Å². The van der Waals surface area contributed by atoms with Crippen LogP contribution in [0, 0.1) is 6.92 Å². The molecule has 0 fully saturated rings. The zero-order valence-corrected chi connectivity index (χ0v) is 12.8. The van der Waals surface area contributed by atoms with Crippen LogP contribution in [0.5, 0.6) is 0 Å². The van der Waals surface area contributed by atoms with E-state index in [9.17, 15) is 4.79 Å². The van der Waals surface area contributed by atoms with Crippen molar-refractivity contribution in [2.45, 2.75) is 6.92 Å². The number of hydrogen-bond acceptors (Lipinski definition) is 5. The molecular weight excluding hydrogens is 292 g/mol. The maximum absolute atomic E-state index is 11.6. The van der Waals surface area contributed by atoms with E-state index in [1.807, 2.05) is 19.1 Å². The highest BCUT2D eigenvalue weighted by molar-refractivity contribution is 5.93. The summed E-state index contributed by atoms with van der Waals surface area (Å²) in [5.74, 6) is 6.10. The zero-order chi connectivity index (χ0) is 16.4. The molecule has 0 aromatic carbocycles. The van der Waals surface area contributed by atoms with E-state index in [2.05, 4.69) is 20.3 Å². The molecule has 7 heteroatoms. The molecule has 3 N–H and O–H groups in total. The third kappa shape index (κ3) is 2.82. The third-order valence-corrected chi connectivity index (χ3v) is 3.58. The number of carbonyl (C=O) groups is 1. The van der Waals surface area contributed by atoms with Gasteiger partial charge in [-0.1, -0.05) is 0 Å². The average molecular weight is 308 g/mol. The monoisotopic (exact) mass is 308 g/mol. The van der Waals surface area contributed by atoms with Crippen LogP contribution in [0.3, 0.4) is 0 Å². The molecule has 3 aromatic rings. The third-order valence-electron chi connectivity index (χ3n) is 3.58. The highest BCUT2D eigenvalue weighted by atomic mass is 16.2. The lowest BCUT2D eigenvalue weighted by Gasteiger charge is -2.15. The Kier molecular flexibility index (Phi) is 3.86. The number of carbonyl (C=O) groups excluding carboxylic acids is 1. The zero-order valence-electron chi connectivity index (χ0n) is 12.8. The van der Waals surface area contributed by atoms with E-state index < -0.39 is 6.03 Å². The summed E-state index contributed by atoms with van der Waals surface area (Å²) in [4.78, 5) is 24.4. The van der Waals surface area contributed by atoms with E-state index in [0.29, 0.717) is 5.82 Å². The van der Waals surface area contributed by atoms with E-state index >= 15 is 0 Å². The fourth-order valence-corrected chi connectivity index (χ4v) is 2.26. The van der Waals surface area contributed by atoms with Gasteiger partial charge < -0.3 is 5.32 Å². The number of anilines is 1. The summed E-state index contributed by atoms with van der Waals surface area (Å²) < 4.78 is 0. The quantitative estimate of drug-likeness (QED) is 0.429. The second-order valence-electron chi connectivity index (χ2n) is 5.07. The molecule has 2 amide bonds. The Morgan fingerprint density at radius 3 is 2.70 bits per heavy atom. The Morgan fingerprint density at radius 1 is 1.17 bits per heavy atom. The van der Waals surface area contributed by atoms with Gasteiger partial charge in [-0.15, -0.1) is 0 Å². The molecule has 0 aliphatic heterocycles. The number of pyridine rings is 3. The molecular formula is C16H16N6O. The number of nitrogens with zero attached hydrogens (tertiary/aromatic N) is 4. The largest absolute Gasteiger partial charge is 0.340 e. The summed E-state index contributed by atoms with van der Waals surface area (Å²) in [5.41, 5.74) is 2.86. The number of amides is 2. The second kappa shape index (κ2) is 5.98. The Balaban J connectivity index is 2.08. The number of aromatic nitrogens is 3. The number of aryl methyl sites for hydroxylation is 1. The SMILES string of the molecule is CNC(=O)N(N)c1cc2cc(-c3cnccc3C)ncc2cn1. The van der Waals surface area contributed by atoms with Crippen LogP contribution in [-0.2, 0) is 0 Å². The first-order valence-corrected chi connectivity index (χ1v) is 7.03. The van der Waals surface area contributed by atoms with E-state index in [4.69, 9.17) is 5.84 Å². The maximum Gasteiger partial charge on any atom is 0.337 e. The Hall–Kier alpha value is -3.06. The van der Waals surface area contributed by atoms with Crippen molar-refractivity contribution in [2.24, 2.45) is 5.84 Å². The molecule has 0 saturated heterocycles. The summed E-state index contributed by atoms with van der Waals surface area (Å²) in [6.45, 7) is 2.01. The van der Waals surface area contributed by atoms with Gasteiger partial charge in [0.2, 0.25) is 0 Å². The minimum Gasteiger partial charge on any atom is -0.340 e. The van der Waals surface area contributed by atoms with E-state index in [1.54, 1.807) is 30.9 Å². The van der Waals surface area contributed by atoms with Gasteiger partial charge in [0.05, 0.1) is 5.69 Å². The van der Waals surface area contributed by atoms with Crippen LogP contribution in [-0.4, -0.2) is 28.0 Å². The van der Waals surface area contributed by atoms with Crippen molar-refractivity contribution in [1.82, 2.24) is 20.3 Å². The van der Waals surface area contributed by atoms with Crippen molar-refractivity contribution in [3.8, 4) is 11.3 Å². The minimum atomic E-state index is -0.436. The van der Waals surface area contributed by atoms with Crippen LogP contribution in [0.4, 0.5) is 10.6 Å². The second-order valence-corrected chi connectivity index (χ2v) is 5.07. The molecule has 23 heavy (non-hydrogen) atoms. The average Bonchev–Trinajstić information content (AvgIpc) is 2.59. The van der Waals surface area contributed by atoms with Gasteiger partial charge in [-0.3, -0.25) is 9.97 Å². The molecule has 0 atom stereocenters. The number of fused-ring (bicyclic) bond motifs is 1. The Morgan fingerprint density at radius 2 is 1.96 bits per heavy atom. The van der Waals surface area contributed by atoms with Gasteiger partial charge >= 0.3 is 6.03 Å². The number of nitrogens with two attached hydrogens (primary N) is 1. The van der Waals surface area contributed by atoms with Crippen molar-refractivity contribution >= 4 is 22.6 Å². The number of rotatable bonds is 2. The Labute approximate surface area is 133 Å². The first-order valence-electron chi connectivity index (χ1n) is 7.03. The fourth-order valence-electron chi connectivity index (χ4n) is 2.26. The van der Waals surface area contributed by atoms with Crippen LogP contribution in [0.1, 0.15) is 5.56 Å². The summed E-state index contributed by atoms with van der Waals surface area (Å²) >= 11 is 0. The van der Waals surface area contributed by atoms with Crippen LogP contribution < -0.4 is 16.2 Å². The molecule has 3 heterocycles. The van der Waals surface area contributed by atoms with Crippen molar-refractivity contribution < 1.29 is 4.79 Å². The minimum absolute atomic E-state index is 0.358. The van der Waals surface area contributed by atoms with Crippen LogP contribution >= 0.6 is 0 Å². The smallest absolute Gasteiger partial charge is 0.337 e. The van der Waals surface area contributed by atoms with Gasteiger partial charge in [-0.2, -0.15) is 0 Å². The van der Waals surface area contributed by atoms with Crippen molar-refractivity contribution in [2.75, 3.05) is 12.1 Å². The first-order chi connectivity index (χ1) is 11.1. The van der Waals surface area contributed by atoms with Crippen molar-refractivity contribution in [3.63, 3.8) is 0 Å². The maximum atomic E-state index is 11.6. The topological polar surface area (TPSA) is 97.0 Å². The summed E-state index contributed by atoms with van der Waals surface area (Å²) in [6, 6.07) is 5.19. The van der Waals surface area contributed by atoms with Gasteiger partial charge in [0.1, 0.15) is 0 Å². The fraction of sp³-hybridized carbons (Fsp3) is 0.125. The molecule has 0 aliphatic rings. The summed E-state index contributed by atoms with van der Waals surface area (Å²) in [6.07, 6.45) is 6.91. The molecule has 7 nitrogen and oxygen atoms in total. The highest BCUT2D eigenvalue weighted by Crippen LogP contribution is 2.25. The number of nitrogens with one attached hydrogen (secondary N) is 1. The lowest BCUT2D eigenvalue weighted by atomic mass is 10.1. The van der Waals surface area contributed by atoms with Crippen LogP contribution in [0.15, 0.2) is 43.0 Å². The standard InChI is InChI=1S/C16H16N6O/c1-10-3-4-19-9-13(10)14-5-11-6-15(22(17)16(23)18-2)21-8-12(11)7-20-14/h3-9H,17H2,1-2H3,(H,18,23). The molecule has 0 bridgehead atoms. The first kappa shape index (κ1) is 14.9. The van der Waals surface area contributed by atoms with Gasteiger partial charge in [0, 0.05) is 42.8 Å². The van der Waals surface area contributed by atoms with Gasteiger partial charge in [0.25, 0.3) is 0 Å². The van der Waals surface area contributed by atoms with Crippen LogP contribution in [0.2, 0.25) is 0 Å². The van der Waals surface area contributed by atoms with Gasteiger partial charge in [0.15, 0.2) is 5.82 Å². The summed E-state index contributed by atoms with van der Waals surface area (Å²) in [5, 5.41) is 5.18. The molecule has 0 saturated carbocycles. The lowest BCUT2D eigenvalue weighted by Crippen LogP contribution is -2.43. The molecule has 0 spiro atoms. The van der Waals surface area contributed by atoms with Crippen molar-refractivity contribution in [1.29, 1.82) is 0 Å². The number of hydrazine groups is 1. The molecule has 0 aliphatic carbocycles. The Bertz CT molecular complexity index is 879. The number of hydrogen-bond donors (Lipinski definition) is 2. The van der Waals surface area contributed by atoms with Gasteiger partial charge in [-0.05, 0) is 36.1 Å². The van der Waals surface area contributed by atoms with Crippen molar-refractivity contribution in [3.05, 3.63) is 48.5 Å². The molecule has 3 aromatic heterocycles. The van der Waals surface area contributed by atoms with E-state index in [1.165, 1.54) is 7.05 Å². The van der Waals surface area contributed by atoms with Gasteiger partial charge in [-0.25, -0.2) is 20.6 Å². The predicted molar refractivity (Wildman–Crippen MR) is 88.6 cm³/mol. The molecule has 116 valence electrons. The number of urea groups is 1. The molecule has 0 unspecified atom stereocenters. The van der Waals surface area contributed by atoms with Crippen LogP contribution in [0.25, 0.3) is 22.0 Å². The molecule has 0 radical (unpaired) electrons. The normalized spacial score (nSPS) is 10.6. The highest BCUT2D eigenvalue weighted by Gasteiger charge is 2.12. The van der Waals surface area contributed by atoms with E-state index in [-0.39, 0.29) is 0 Å². The molecule has 3 rings (SSSR count). The lowest BCUT2D eigenvalue weighted by molar-refractivity contribution is 0.248. The predicted octanol–water partition coefficient (Wildman–Crippen LogP) is 2.02. The summed E-state index contributed by atoms with van der Waals surface area (Å²) in [7, 11) is 1.51.